The van der Waals surface area contributed by atoms with Gasteiger partial charge < -0.3 is 26.1 Å². The molecule has 0 radical (unpaired) electrons. The number of nitrogens with zero attached hydrogens (tertiary/aromatic N) is 3. The molecular weight excluding hydrogens is 354 g/mol. The highest BCUT2D eigenvalue weighted by molar-refractivity contribution is 6.04. The molecule has 144 valence electrons. The van der Waals surface area contributed by atoms with Gasteiger partial charge >= 0.3 is 0 Å². The van der Waals surface area contributed by atoms with E-state index in [-0.39, 0.29) is 0 Å². The Kier molecular flexibility index (Phi) is 4.84. The van der Waals surface area contributed by atoms with E-state index in [1.54, 1.807) is 6.92 Å². The van der Waals surface area contributed by atoms with Crippen molar-refractivity contribution in [3.8, 4) is 11.5 Å². The molecular formula is C20H23N7O. The van der Waals surface area contributed by atoms with Gasteiger partial charge in [-0.15, -0.1) is 10.2 Å². The van der Waals surface area contributed by atoms with Gasteiger partial charge in [-0.3, -0.25) is 0 Å². The lowest BCUT2D eigenvalue weighted by Gasteiger charge is -2.28. The largest absolute Gasteiger partial charge is 0.421 e. The Morgan fingerprint density at radius 1 is 1.29 bits per heavy atom. The van der Waals surface area contributed by atoms with Crippen LogP contribution in [0.1, 0.15) is 25.2 Å². The molecule has 8 nitrogen and oxygen atoms in total. The summed E-state index contributed by atoms with van der Waals surface area (Å²) in [5.74, 6) is 2.83. The van der Waals surface area contributed by atoms with Gasteiger partial charge in [0.05, 0.1) is 5.57 Å². The van der Waals surface area contributed by atoms with Crippen LogP contribution in [0.25, 0.3) is 11.5 Å². The van der Waals surface area contributed by atoms with Crippen LogP contribution in [0.15, 0.2) is 69.7 Å². The Labute approximate surface area is 163 Å². The summed E-state index contributed by atoms with van der Waals surface area (Å²) in [4.78, 5) is 4.53. The fraction of sp³-hybridized carbons (Fsp3) is 0.250. The molecule has 5 N–H and O–H groups in total. The first-order valence-electron chi connectivity index (χ1n) is 9.23. The summed E-state index contributed by atoms with van der Waals surface area (Å²) in [7, 11) is 0. The van der Waals surface area contributed by atoms with E-state index in [9.17, 15) is 0 Å². The highest BCUT2D eigenvalue weighted by Gasteiger charge is 2.20. The topological polar surface area (TPSA) is 113 Å². The molecule has 1 saturated carbocycles. The molecule has 0 amide bonds. The predicted molar refractivity (Wildman–Crippen MR) is 109 cm³/mol. The number of aryl methyl sites for hydroxylation is 1. The van der Waals surface area contributed by atoms with E-state index < -0.39 is 0 Å². The molecule has 0 saturated heterocycles. The number of benzene rings is 1. The van der Waals surface area contributed by atoms with Gasteiger partial charge in [-0.1, -0.05) is 6.58 Å². The van der Waals surface area contributed by atoms with Gasteiger partial charge in [-0.05, 0) is 49.6 Å². The Balaban J connectivity index is 1.42. The first-order valence-corrected chi connectivity index (χ1v) is 9.23. The zero-order valence-corrected chi connectivity index (χ0v) is 15.7. The zero-order chi connectivity index (χ0) is 19.5. The van der Waals surface area contributed by atoms with E-state index in [0.717, 1.165) is 29.7 Å². The molecule has 1 aromatic carbocycles. The number of anilines is 1. The number of nitrogens with one attached hydrogen (secondary N) is 3. The molecule has 0 spiro atoms. The number of rotatable bonds is 6. The maximum absolute atomic E-state index is 6.21. The van der Waals surface area contributed by atoms with Crippen molar-refractivity contribution in [1.82, 2.24) is 20.8 Å². The Hall–Kier alpha value is -3.55. The van der Waals surface area contributed by atoms with Gasteiger partial charge in [0.25, 0.3) is 0 Å². The summed E-state index contributed by atoms with van der Waals surface area (Å²) in [6.45, 7) is 5.75. The summed E-state index contributed by atoms with van der Waals surface area (Å²) in [5, 5.41) is 17.5. The highest BCUT2D eigenvalue weighted by Crippen LogP contribution is 2.22. The van der Waals surface area contributed by atoms with E-state index in [2.05, 4.69) is 37.7 Å². The zero-order valence-electron chi connectivity index (χ0n) is 15.7. The molecule has 2 heterocycles. The lowest BCUT2D eigenvalue weighted by atomic mass is 9.93. The maximum atomic E-state index is 6.21. The van der Waals surface area contributed by atoms with Crippen molar-refractivity contribution in [2.24, 2.45) is 10.7 Å². The first kappa shape index (κ1) is 17.8. The number of nitrogens with two attached hydrogens (primary N) is 1. The third-order valence-corrected chi connectivity index (χ3v) is 4.67. The molecule has 28 heavy (non-hydrogen) atoms. The molecule has 2 aromatic rings. The van der Waals surface area contributed by atoms with Crippen LogP contribution >= 0.6 is 0 Å². The molecule has 2 aliphatic rings. The number of aromatic nitrogens is 2. The Morgan fingerprint density at radius 3 is 2.71 bits per heavy atom. The molecule has 1 aliphatic heterocycles. The average molecular weight is 377 g/mol. The summed E-state index contributed by atoms with van der Waals surface area (Å²) >= 11 is 0. The fourth-order valence-corrected chi connectivity index (χ4v) is 2.96. The molecule has 0 unspecified atom stereocenters. The second-order valence-corrected chi connectivity index (χ2v) is 6.81. The van der Waals surface area contributed by atoms with Crippen molar-refractivity contribution >= 4 is 11.5 Å². The molecule has 0 bridgehead atoms. The molecule has 0 atom stereocenters. The number of amidine groups is 1. The normalized spacial score (nSPS) is 19.2. The molecule has 1 aliphatic carbocycles. The predicted octanol–water partition coefficient (Wildman–Crippen LogP) is 2.76. The summed E-state index contributed by atoms with van der Waals surface area (Å²) < 4.78 is 5.43. The summed E-state index contributed by atoms with van der Waals surface area (Å²) in [6.07, 6.45) is 7.29. The third-order valence-electron chi connectivity index (χ3n) is 4.67. The maximum Gasteiger partial charge on any atom is 0.247 e. The van der Waals surface area contributed by atoms with E-state index in [1.165, 1.54) is 6.42 Å². The van der Waals surface area contributed by atoms with Crippen LogP contribution in [0, 0.1) is 6.92 Å². The van der Waals surface area contributed by atoms with Gasteiger partial charge in [0.15, 0.2) is 0 Å². The lowest BCUT2D eigenvalue weighted by molar-refractivity contribution is 0.362. The van der Waals surface area contributed by atoms with E-state index in [1.807, 2.05) is 36.5 Å². The summed E-state index contributed by atoms with van der Waals surface area (Å²) in [5.41, 5.74) is 8.76. The van der Waals surface area contributed by atoms with Crippen LogP contribution in [0.2, 0.25) is 0 Å². The van der Waals surface area contributed by atoms with Gasteiger partial charge in [0.2, 0.25) is 11.8 Å². The van der Waals surface area contributed by atoms with E-state index in [0.29, 0.717) is 35.3 Å². The van der Waals surface area contributed by atoms with Crippen molar-refractivity contribution in [2.45, 2.75) is 32.2 Å². The van der Waals surface area contributed by atoms with Gasteiger partial charge in [-0.25, -0.2) is 4.99 Å². The summed E-state index contributed by atoms with van der Waals surface area (Å²) in [6, 6.07) is 8.08. The minimum atomic E-state index is 0.463. The van der Waals surface area contributed by atoms with Crippen molar-refractivity contribution < 1.29 is 4.42 Å². The SMILES string of the molecule is C=C(/N=C1/NC=C/C1=C(/N)NC1CCC1)Nc1ccc(-c2nnc(C)o2)cc1. The smallest absolute Gasteiger partial charge is 0.247 e. The lowest BCUT2D eigenvalue weighted by Crippen LogP contribution is -2.38. The van der Waals surface area contributed by atoms with E-state index >= 15 is 0 Å². The van der Waals surface area contributed by atoms with Gasteiger partial charge in [0, 0.05) is 30.4 Å². The van der Waals surface area contributed by atoms with Crippen LogP contribution in [0.3, 0.4) is 0 Å². The molecule has 1 aromatic heterocycles. The van der Waals surface area contributed by atoms with E-state index in [4.69, 9.17) is 10.2 Å². The average Bonchev–Trinajstić information content (AvgIpc) is 3.27. The molecule has 8 heteroatoms. The first-order chi connectivity index (χ1) is 13.6. The number of hydrogen-bond acceptors (Lipinski definition) is 7. The van der Waals surface area contributed by atoms with Gasteiger partial charge in [-0.2, -0.15) is 0 Å². The highest BCUT2D eigenvalue weighted by atomic mass is 16.4. The third kappa shape index (κ3) is 3.90. The number of aliphatic imine (C=N–C) groups is 1. The Morgan fingerprint density at radius 2 is 2.07 bits per heavy atom. The van der Waals surface area contributed by atoms with Crippen LogP contribution < -0.4 is 21.7 Å². The molecule has 4 rings (SSSR count). The van der Waals surface area contributed by atoms with Crippen molar-refractivity contribution in [2.75, 3.05) is 5.32 Å². The van der Waals surface area contributed by atoms with Crippen LogP contribution in [-0.4, -0.2) is 22.1 Å². The number of hydrogen-bond donors (Lipinski definition) is 4. The fourth-order valence-electron chi connectivity index (χ4n) is 2.96. The monoisotopic (exact) mass is 377 g/mol. The Bertz CT molecular complexity index is 965. The van der Waals surface area contributed by atoms with Crippen LogP contribution in [-0.2, 0) is 0 Å². The second-order valence-electron chi connectivity index (χ2n) is 6.81. The standard InChI is InChI=1S/C20H23N7O/c1-12(23-16-8-6-14(7-9-16)20-27-26-13(2)28-20)24-19-17(10-11-22-19)18(21)25-15-4-3-5-15/h6-11,15,23,25H,1,3-5,21H2,2H3,(H,22,24)/b18-17+. The minimum absolute atomic E-state index is 0.463. The van der Waals surface area contributed by atoms with Crippen molar-refractivity contribution in [3.63, 3.8) is 0 Å². The van der Waals surface area contributed by atoms with Gasteiger partial charge in [0.1, 0.15) is 17.5 Å². The van der Waals surface area contributed by atoms with Crippen LogP contribution in [0.5, 0.6) is 0 Å². The second kappa shape index (κ2) is 7.59. The van der Waals surface area contributed by atoms with Crippen molar-refractivity contribution in [3.05, 3.63) is 66.2 Å². The van der Waals surface area contributed by atoms with Crippen LogP contribution in [0.4, 0.5) is 5.69 Å². The minimum Gasteiger partial charge on any atom is -0.421 e. The quantitative estimate of drug-likeness (QED) is 0.612. The van der Waals surface area contributed by atoms with Crippen molar-refractivity contribution in [1.29, 1.82) is 0 Å². The molecule has 1 fully saturated rings.